The van der Waals surface area contributed by atoms with E-state index < -0.39 is 0 Å². The minimum absolute atomic E-state index is 0.185. The maximum atomic E-state index is 5.93. The summed E-state index contributed by atoms with van der Waals surface area (Å²) in [6.45, 7) is 0.688. The van der Waals surface area contributed by atoms with Gasteiger partial charge in [-0.15, -0.1) is 0 Å². The predicted molar refractivity (Wildman–Crippen MR) is 76.1 cm³/mol. The minimum Gasteiger partial charge on any atom is -0.490 e. The zero-order chi connectivity index (χ0) is 13.7. The third kappa shape index (κ3) is 3.91. The van der Waals surface area contributed by atoms with E-state index >= 15 is 0 Å². The molecule has 1 aromatic heterocycles. The molecule has 1 heterocycles. The fourth-order valence-electron chi connectivity index (χ4n) is 1.38. The second-order valence-corrected chi connectivity index (χ2v) is 4.47. The molecule has 2 rings (SSSR count). The quantitative estimate of drug-likeness (QED) is 0.859. The summed E-state index contributed by atoms with van der Waals surface area (Å²) in [5.41, 5.74) is 5.57. The van der Waals surface area contributed by atoms with Gasteiger partial charge in [0.15, 0.2) is 0 Å². The van der Waals surface area contributed by atoms with Gasteiger partial charge in [-0.3, -0.25) is 0 Å². The van der Waals surface area contributed by atoms with E-state index in [4.69, 9.17) is 38.4 Å². The van der Waals surface area contributed by atoms with Gasteiger partial charge < -0.3 is 15.2 Å². The van der Waals surface area contributed by atoms with Gasteiger partial charge in [-0.05, 0) is 18.2 Å². The van der Waals surface area contributed by atoms with Crippen LogP contribution < -0.4 is 15.2 Å². The average molecular weight is 299 g/mol. The molecule has 0 radical (unpaired) electrons. The van der Waals surface area contributed by atoms with Crippen LogP contribution >= 0.6 is 23.2 Å². The molecule has 2 N–H and O–H groups in total. The monoisotopic (exact) mass is 298 g/mol. The van der Waals surface area contributed by atoms with Crippen molar-refractivity contribution in [2.24, 2.45) is 0 Å². The molecule has 0 amide bonds. The van der Waals surface area contributed by atoms with Gasteiger partial charge in [0.2, 0.25) is 5.88 Å². The lowest BCUT2D eigenvalue weighted by atomic mass is 10.3. The number of halogens is 2. The van der Waals surface area contributed by atoms with Crippen LogP contribution in [0.5, 0.6) is 11.6 Å². The standard InChI is InChI=1S/C13H12Cl2N2O2/c14-10-8-11(15)13(17-12(10)16)19-7-6-18-9-4-2-1-3-5-9/h1-5,8H,6-7H2,(H2,16,17). The average Bonchev–Trinajstić information content (AvgIpc) is 2.41. The molecule has 0 unspecified atom stereocenters. The maximum Gasteiger partial charge on any atom is 0.234 e. The molecule has 0 aliphatic carbocycles. The van der Waals surface area contributed by atoms with Gasteiger partial charge in [0.1, 0.15) is 29.8 Å². The molecule has 100 valence electrons. The number of rotatable bonds is 5. The zero-order valence-electron chi connectivity index (χ0n) is 9.98. The highest BCUT2D eigenvalue weighted by Gasteiger charge is 2.08. The molecule has 2 aromatic rings. The summed E-state index contributed by atoms with van der Waals surface area (Å²) in [5.74, 6) is 1.21. The molecule has 0 saturated carbocycles. The molecule has 0 spiro atoms. The molecule has 6 heteroatoms. The highest BCUT2D eigenvalue weighted by Crippen LogP contribution is 2.28. The van der Waals surface area contributed by atoms with Crippen LogP contribution in [-0.2, 0) is 0 Å². The Balaban J connectivity index is 1.85. The van der Waals surface area contributed by atoms with Crippen LogP contribution in [0.25, 0.3) is 0 Å². The van der Waals surface area contributed by atoms with Crippen molar-refractivity contribution in [3.8, 4) is 11.6 Å². The second-order valence-electron chi connectivity index (χ2n) is 3.65. The summed E-state index contributed by atoms with van der Waals surface area (Å²) in [6, 6.07) is 10.9. The highest BCUT2D eigenvalue weighted by atomic mass is 35.5. The van der Waals surface area contributed by atoms with Crippen molar-refractivity contribution < 1.29 is 9.47 Å². The summed E-state index contributed by atoms with van der Waals surface area (Å²) in [6.07, 6.45) is 0. The lowest BCUT2D eigenvalue weighted by Crippen LogP contribution is -2.10. The molecule has 0 atom stereocenters. The lowest BCUT2D eigenvalue weighted by Gasteiger charge is -2.09. The summed E-state index contributed by atoms with van der Waals surface area (Å²) in [4.78, 5) is 3.95. The van der Waals surface area contributed by atoms with Crippen LogP contribution in [0.1, 0.15) is 0 Å². The SMILES string of the molecule is Nc1nc(OCCOc2ccccc2)c(Cl)cc1Cl. The van der Waals surface area contributed by atoms with Crippen molar-refractivity contribution >= 4 is 29.0 Å². The molecule has 4 nitrogen and oxygen atoms in total. The van der Waals surface area contributed by atoms with Crippen LogP contribution in [0.4, 0.5) is 5.82 Å². The van der Waals surface area contributed by atoms with Crippen molar-refractivity contribution in [3.05, 3.63) is 46.4 Å². The lowest BCUT2D eigenvalue weighted by molar-refractivity contribution is 0.212. The number of para-hydroxylation sites is 1. The van der Waals surface area contributed by atoms with E-state index in [0.29, 0.717) is 23.3 Å². The molecule has 0 aliphatic rings. The van der Waals surface area contributed by atoms with Gasteiger partial charge in [-0.1, -0.05) is 41.4 Å². The van der Waals surface area contributed by atoms with Crippen LogP contribution in [-0.4, -0.2) is 18.2 Å². The van der Waals surface area contributed by atoms with E-state index in [2.05, 4.69) is 4.98 Å². The number of ether oxygens (including phenoxy) is 2. The summed E-state index contributed by atoms with van der Waals surface area (Å²) in [7, 11) is 0. The van der Waals surface area contributed by atoms with Crippen molar-refractivity contribution in [1.82, 2.24) is 4.98 Å². The van der Waals surface area contributed by atoms with Crippen LogP contribution in [0.2, 0.25) is 10.0 Å². The van der Waals surface area contributed by atoms with Gasteiger partial charge in [0, 0.05) is 0 Å². The first-order valence-corrected chi connectivity index (χ1v) is 6.34. The van der Waals surface area contributed by atoms with Crippen molar-refractivity contribution in [1.29, 1.82) is 0 Å². The Hall–Kier alpha value is -1.65. The molecule has 0 saturated heterocycles. The number of anilines is 1. The van der Waals surface area contributed by atoms with Crippen molar-refractivity contribution in [2.45, 2.75) is 0 Å². The first-order chi connectivity index (χ1) is 9.16. The molecule has 0 bridgehead atoms. The van der Waals surface area contributed by atoms with Crippen LogP contribution in [0, 0.1) is 0 Å². The molecule has 19 heavy (non-hydrogen) atoms. The smallest absolute Gasteiger partial charge is 0.234 e. The van der Waals surface area contributed by atoms with E-state index in [9.17, 15) is 0 Å². The Morgan fingerprint density at radius 3 is 2.42 bits per heavy atom. The topological polar surface area (TPSA) is 57.4 Å². The fourth-order valence-corrected chi connectivity index (χ4v) is 1.79. The number of aromatic nitrogens is 1. The first-order valence-electron chi connectivity index (χ1n) is 5.59. The summed E-state index contributed by atoms with van der Waals surface area (Å²) in [5, 5.41) is 0.622. The largest absolute Gasteiger partial charge is 0.490 e. The second kappa shape index (κ2) is 6.50. The van der Waals surface area contributed by atoms with Crippen molar-refractivity contribution in [2.75, 3.05) is 18.9 Å². The number of nitrogens with zero attached hydrogens (tertiary/aromatic N) is 1. The highest BCUT2D eigenvalue weighted by molar-refractivity contribution is 6.36. The zero-order valence-corrected chi connectivity index (χ0v) is 11.5. The first kappa shape index (κ1) is 13.8. The van der Waals surface area contributed by atoms with Gasteiger partial charge in [-0.25, -0.2) is 0 Å². The number of nitrogen functional groups attached to an aromatic ring is 1. The van der Waals surface area contributed by atoms with Crippen molar-refractivity contribution in [3.63, 3.8) is 0 Å². The van der Waals surface area contributed by atoms with E-state index in [-0.39, 0.29) is 11.7 Å². The Morgan fingerprint density at radius 1 is 1.00 bits per heavy atom. The number of hydrogen-bond acceptors (Lipinski definition) is 4. The molecule has 1 aromatic carbocycles. The van der Waals surface area contributed by atoms with Crippen LogP contribution in [0.15, 0.2) is 36.4 Å². The normalized spacial score (nSPS) is 10.2. The van der Waals surface area contributed by atoms with E-state index in [1.165, 1.54) is 6.07 Å². The van der Waals surface area contributed by atoms with E-state index in [0.717, 1.165) is 5.75 Å². The summed E-state index contributed by atoms with van der Waals surface area (Å²) < 4.78 is 10.9. The number of nitrogens with two attached hydrogens (primary N) is 1. The molecule has 0 fully saturated rings. The Labute approximate surface area is 121 Å². The number of hydrogen-bond donors (Lipinski definition) is 1. The number of pyridine rings is 1. The third-order valence-corrected chi connectivity index (χ3v) is 2.83. The fraction of sp³-hybridized carbons (Fsp3) is 0.154. The number of benzene rings is 1. The predicted octanol–water partition coefficient (Wildman–Crippen LogP) is 3.43. The Kier molecular flexibility index (Phi) is 4.71. The third-order valence-electron chi connectivity index (χ3n) is 2.26. The molecular formula is C13H12Cl2N2O2. The van der Waals surface area contributed by atoms with Gasteiger partial charge in [0.05, 0.1) is 5.02 Å². The summed E-state index contributed by atoms with van der Waals surface area (Å²) >= 11 is 11.7. The Morgan fingerprint density at radius 2 is 1.68 bits per heavy atom. The molecular weight excluding hydrogens is 287 g/mol. The van der Waals surface area contributed by atoms with Gasteiger partial charge >= 0.3 is 0 Å². The van der Waals surface area contributed by atoms with Gasteiger partial charge in [0.25, 0.3) is 0 Å². The molecule has 0 aliphatic heterocycles. The minimum atomic E-state index is 0.185. The van der Waals surface area contributed by atoms with E-state index in [1.807, 2.05) is 30.3 Å². The maximum absolute atomic E-state index is 5.93. The van der Waals surface area contributed by atoms with Gasteiger partial charge in [-0.2, -0.15) is 4.98 Å². The Bertz CT molecular complexity index is 550. The van der Waals surface area contributed by atoms with E-state index in [1.54, 1.807) is 0 Å². The van der Waals surface area contributed by atoms with Crippen LogP contribution in [0.3, 0.4) is 0 Å².